The van der Waals surface area contributed by atoms with Crippen LogP contribution in [0.1, 0.15) is 45.1 Å². The summed E-state index contributed by atoms with van der Waals surface area (Å²) in [6.07, 6.45) is 1.02. The number of aryl methyl sites for hydroxylation is 3. The van der Waals surface area contributed by atoms with Crippen molar-refractivity contribution in [2.24, 2.45) is 5.10 Å². The highest BCUT2D eigenvalue weighted by molar-refractivity contribution is 7.14. The van der Waals surface area contributed by atoms with Gasteiger partial charge in [-0.15, -0.1) is 11.3 Å². The molecule has 1 N–H and O–H groups in total. The Balaban J connectivity index is 2.08. The molecule has 0 radical (unpaired) electrons. The van der Waals surface area contributed by atoms with Crippen molar-refractivity contribution in [3.05, 3.63) is 56.8 Å². The Bertz CT molecular complexity index is 686. The van der Waals surface area contributed by atoms with Crippen molar-refractivity contribution in [2.75, 3.05) is 0 Å². The van der Waals surface area contributed by atoms with Crippen molar-refractivity contribution in [2.45, 2.75) is 34.1 Å². The van der Waals surface area contributed by atoms with Crippen LogP contribution in [0.5, 0.6) is 0 Å². The summed E-state index contributed by atoms with van der Waals surface area (Å²) in [7, 11) is 0. The number of hydrogen-bond donors (Lipinski definition) is 1. The molecule has 1 heterocycles. The molecule has 21 heavy (non-hydrogen) atoms. The molecule has 3 nitrogen and oxygen atoms in total. The molecule has 110 valence electrons. The summed E-state index contributed by atoms with van der Waals surface area (Å²) in [5, 5.41) is 4.20. The lowest BCUT2D eigenvalue weighted by Gasteiger charge is -2.04. The van der Waals surface area contributed by atoms with E-state index >= 15 is 0 Å². The van der Waals surface area contributed by atoms with Gasteiger partial charge >= 0.3 is 0 Å². The van der Waals surface area contributed by atoms with Crippen LogP contribution in [0.15, 0.2) is 35.4 Å². The lowest BCUT2D eigenvalue weighted by molar-refractivity contribution is 0.0955. The first-order chi connectivity index (χ1) is 10.0. The van der Waals surface area contributed by atoms with Gasteiger partial charge in [-0.05, 0) is 62.6 Å². The van der Waals surface area contributed by atoms with E-state index in [0.717, 1.165) is 22.6 Å². The van der Waals surface area contributed by atoms with Gasteiger partial charge in [0.15, 0.2) is 0 Å². The van der Waals surface area contributed by atoms with E-state index in [1.54, 1.807) is 11.3 Å². The van der Waals surface area contributed by atoms with Crippen LogP contribution in [0.3, 0.4) is 0 Å². The second-order valence-corrected chi connectivity index (χ2v) is 6.23. The third kappa shape index (κ3) is 3.79. The number of thiophene rings is 1. The van der Waals surface area contributed by atoms with Gasteiger partial charge in [-0.3, -0.25) is 4.79 Å². The Labute approximate surface area is 129 Å². The van der Waals surface area contributed by atoms with Gasteiger partial charge in [0.2, 0.25) is 0 Å². The maximum Gasteiger partial charge on any atom is 0.271 e. The predicted octanol–water partition coefficient (Wildman–Crippen LogP) is 4.08. The number of benzene rings is 1. The van der Waals surface area contributed by atoms with Crippen molar-refractivity contribution in [3.8, 4) is 0 Å². The average molecular weight is 300 g/mol. The molecule has 0 aliphatic carbocycles. The Kier molecular flexibility index (Phi) is 4.91. The second-order valence-electron chi connectivity index (χ2n) is 5.06. The van der Waals surface area contributed by atoms with E-state index in [2.05, 4.69) is 23.5 Å². The number of carbonyl (C=O) groups excluding carboxylic acids is 1. The first-order valence-corrected chi connectivity index (χ1v) is 7.84. The lowest BCUT2D eigenvalue weighted by atomic mass is 10.1. The zero-order valence-corrected chi connectivity index (χ0v) is 13.7. The highest BCUT2D eigenvalue weighted by Gasteiger charge is 2.07. The maximum absolute atomic E-state index is 12.1. The zero-order chi connectivity index (χ0) is 15.4. The molecule has 0 bridgehead atoms. The minimum absolute atomic E-state index is 0.176. The molecule has 0 saturated carbocycles. The molecule has 0 spiro atoms. The molecule has 0 unspecified atom stereocenters. The molecule has 0 aliphatic heterocycles. The fourth-order valence-corrected chi connectivity index (χ4v) is 2.79. The minimum atomic E-state index is -0.176. The van der Waals surface area contributed by atoms with Crippen LogP contribution in [0.25, 0.3) is 0 Å². The van der Waals surface area contributed by atoms with Crippen molar-refractivity contribution in [3.63, 3.8) is 0 Å². The highest BCUT2D eigenvalue weighted by Crippen LogP contribution is 2.17. The Morgan fingerprint density at radius 3 is 2.57 bits per heavy atom. The van der Waals surface area contributed by atoms with E-state index in [4.69, 9.17) is 0 Å². The number of hydrogen-bond acceptors (Lipinski definition) is 3. The Morgan fingerprint density at radius 2 is 1.95 bits per heavy atom. The van der Waals surface area contributed by atoms with E-state index in [1.807, 2.05) is 45.0 Å². The Morgan fingerprint density at radius 1 is 1.19 bits per heavy atom. The van der Waals surface area contributed by atoms with Crippen LogP contribution in [-0.4, -0.2) is 11.6 Å². The fraction of sp³-hybridized carbons (Fsp3) is 0.294. The van der Waals surface area contributed by atoms with Crippen LogP contribution in [0.2, 0.25) is 0 Å². The summed E-state index contributed by atoms with van der Waals surface area (Å²) in [6, 6.07) is 9.81. The van der Waals surface area contributed by atoms with Gasteiger partial charge in [-0.2, -0.15) is 5.10 Å². The molecule has 0 fully saturated rings. The van der Waals surface area contributed by atoms with E-state index in [9.17, 15) is 4.79 Å². The van der Waals surface area contributed by atoms with Crippen molar-refractivity contribution in [1.29, 1.82) is 0 Å². The number of nitrogens with zero attached hydrogens (tertiary/aromatic N) is 1. The molecule has 4 heteroatoms. The number of rotatable bonds is 4. The smallest absolute Gasteiger partial charge is 0.267 e. The van der Waals surface area contributed by atoms with E-state index < -0.39 is 0 Å². The average Bonchev–Trinajstić information content (AvgIpc) is 2.96. The number of hydrazone groups is 1. The quantitative estimate of drug-likeness (QED) is 0.671. The summed E-state index contributed by atoms with van der Waals surface area (Å²) < 4.78 is 0. The van der Waals surface area contributed by atoms with Gasteiger partial charge < -0.3 is 0 Å². The molecule has 0 atom stereocenters. The largest absolute Gasteiger partial charge is 0.271 e. The van der Waals surface area contributed by atoms with Crippen molar-refractivity contribution < 1.29 is 4.79 Å². The first-order valence-electron chi connectivity index (χ1n) is 7.02. The van der Waals surface area contributed by atoms with Gasteiger partial charge in [0.05, 0.1) is 10.6 Å². The maximum atomic E-state index is 12.1. The molecule has 2 rings (SSSR count). The molecule has 0 saturated heterocycles. The highest BCUT2D eigenvalue weighted by atomic mass is 32.1. The summed E-state index contributed by atoms with van der Waals surface area (Å²) in [5.41, 5.74) is 6.38. The minimum Gasteiger partial charge on any atom is -0.267 e. The number of carbonyl (C=O) groups is 1. The number of nitrogens with one attached hydrogen (secondary N) is 1. The molecule has 2 aromatic rings. The van der Waals surface area contributed by atoms with Crippen LogP contribution in [0, 0.1) is 13.8 Å². The molecular formula is C17H20N2OS. The standard InChI is InChI=1S/C17H20N2OS/c1-5-15-8-9-16(21-15)13(4)18-19-17(20)14-7-6-11(2)12(3)10-14/h6-10H,5H2,1-4H3,(H,19,20)/b18-13+. The molecular weight excluding hydrogens is 280 g/mol. The van der Waals surface area contributed by atoms with Gasteiger partial charge in [-0.25, -0.2) is 5.43 Å². The first kappa shape index (κ1) is 15.4. The number of amides is 1. The normalized spacial score (nSPS) is 11.5. The van der Waals surface area contributed by atoms with E-state index in [-0.39, 0.29) is 5.91 Å². The fourth-order valence-electron chi connectivity index (χ4n) is 1.90. The Hall–Kier alpha value is -1.94. The van der Waals surface area contributed by atoms with Gasteiger partial charge in [-0.1, -0.05) is 13.0 Å². The van der Waals surface area contributed by atoms with E-state index in [1.165, 1.54) is 10.4 Å². The monoisotopic (exact) mass is 300 g/mol. The van der Waals surface area contributed by atoms with Crippen molar-refractivity contribution >= 4 is 23.0 Å². The molecule has 1 aromatic heterocycles. The summed E-state index contributed by atoms with van der Waals surface area (Å²) in [6.45, 7) is 8.06. The second kappa shape index (κ2) is 6.68. The third-order valence-electron chi connectivity index (χ3n) is 3.46. The zero-order valence-electron chi connectivity index (χ0n) is 12.9. The topological polar surface area (TPSA) is 41.5 Å². The van der Waals surface area contributed by atoms with Crippen LogP contribution < -0.4 is 5.43 Å². The predicted molar refractivity (Wildman–Crippen MR) is 89.3 cm³/mol. The van der Waals surface area contributed by atoms with Gasteiger partial charge in [0, 0.05) is 10.4 Å². The molecule has 1 aromatic carbocycles. The SMILES string of the molecule is CCc1ccc(/C(C)=N/NC(=O)c2ccc(C)c(C)c2)s1. The van der Waals surface area contributed by atoms with E-state index in [0.29, 0.717) is 5.56 Å². The van der Waals surface area contributed by atoms with Crippen molar-refractivity contribution in [1.82, 2.24) is 5.43 Å². The van der Waals surface area contributed by atoms with Gasteiger partial charge in [0.1, 0.15) is 0 Å². The molecule has 0 aliphatic rings. The summed E-state index contributed by atoms with van der Waals surface area (Å²) in [4.78, 5) is 14.5. The summed E-state index contributed by atoms with van der Waals surface area (Å²) >= 11 is 1.71. The van der Waals surface area contributed by atoms with Crippen LogP contribution >= 0.6 is 11.3 Å². The lowest BCUT2D eigenvalue weighted by Crippen LogP contribution is -2.19. The molecule has 1 amide bonds. The van der Waals surface area contributed by atoms with Gasteiger partial charge in [0.25, 0.3) is 5.91 Å². The third-order valence-corrected chi connectivity index (χ3v) is 4.80. The van der Waals surface area contributed by atoms with Crippen LogP contribution in [-0.2, 0) is 6.42 Å². The van der Waals surface area contributed by atoms with Crippen LogP contribution in [0.4, 0.5) is 0 Å². The summed E-state index contributed by atoms with van der Waals surface area (Å²) in [5.74, 6) is -0.176.